The lowest BCUT2D eigenvalue weighted by Gasteiger charge is -2.28. The highest BCUT2D eigenvalue weighted by atomic mass is 16.3. The van der Waals surface area contributed by atoms with Gasteiger partial charge in [0.2, 0.25) is 0 Å². The van der Waals surface area contributed by atoms with Crippen LogP contribution in [-0.2, 0) is 27.1 Å². The van der Waals surface area contributed by atoms with Gasteiger partial charge in [0.25, 0.3) is 0 Å². The van der Waals surface area contributed by atoms with Crippen LogP contribution in [0.15, 0.2) is 54.6 Å². The van der Waals surface area contributed by atoms with E-state index in [2.05, 4.69) is 135 Å². The Labute approximate surface area is 259 Å². The van der Waals surface area contributed by atoms with Crippen LogP contribution in [0.25, 0.3) is 0 Å². The summed E-state index contributed by atoms with van der Waals surface area (Å²) in [4.78, 5) is 0. The third-order valence-corrected chi connectivity index (χ3v) is 7.67. The predicted octanol–water partition coefficient (Wildman–Crippen LogP) is 11.6. The zero-order valence-corrected chi connectivity index (χ0v) is 30.1. The molecule has 3 aromatic carbocycles. The Balaban J connectivity index is 0.000000317. The van der Waals surface area contributed by atoms with Gasteiger partial charge in [-0.2, -0.15) is 0 Å². The van der Waals surface area contributed by atoms with E-state index in [0.29, 0.717) is 11.5 Å². The number of aromatic hydroxyl groups is 2. The summed E-state index contributed by atoms with van der Waals surface area (Å²) in [6.07, 6.45) is 0. The van der Waals surface area contributed by atoms with Crippen molar-refractivity contribution < 1.29 is 10.2 Å². The first-order valence-corrected chi connectivity index (χ1v) is 15.4. The van der Waals surface area contributed by atoms with Crippen molar-refractivity contribution >= 4 is 0 Å². The molecule has 0 aromatic heterocycles. The van der Waals surface area contributed by atoms with Gasteiger partial charge in [-0.1, -0.05) is 152 Å². The molecule has 0 atom stereocenters. The van der Waals surface area contributed by atoms with Crippen LogP contribution >= 0.6 is 0 Å². The van der Waals surface area contributed by atoms with E-state index in [1.807, 2.05) is 31.2 Å². The molecule has 0 aliphatic rings. The van der Waals surface area contributed by atoms with E-state index >= 15 is 0 Å². The molecule has 0 radical (unpaired) electrons. The SMILES string of the molecule is CC(C)(C)c1ccc(O)c(C(C)(C)C)c1.Cc1c(C(C)(C)C)cccc1C(C)(C)C.Cc1cccc(C(C)(C)C)c1O. The Bertz CT molecular complexity index is 1260. The Morgan fingerprint density at radius 3 is 1.17 bits per heavy atom. The van der Waals surface area contributed by atoms with Crippen LogP contribution in [0.5, 0.6) is 11.5 Å². The van der Waals surface area contributed by atoms with Crippen LogP contribution in [0, 0.1) is 13.8 Å². The third kappa shape index (κ3) is 10.5. The first kappa shape index (κ1) is 37.3. The lowest BCUT2D eigenvalue weighted by Crippen LogP contribution is -2.19. The number of rotatable bonds is 0. The van der Waals surface area contributed by atoms with E-state index in [9.17, 15) is 10.2 Å². The van der Waals surface area contributed by atoms with Crippen LogP contribution < -0.4 is 0 Å². The molecule has 0 aliphatic heterocycles. The molecule has 234 valence electrons. The minimum absolute atomic E-state index is 0.00859. The number of hydrogen-bond acceptors (Lipinski definition) is 2. The molecule has 0 fully saturated rings. The summed E-state index contributed by atoms with van der Waals surface area (Å²) >= 11 is 0. The number of para-hydroxylation sites is 1. The molecule has 0 unspecified atom stereocenters. The van der Waals surface area contributed by atoms with Crippen molar-refractivity contribution in [3.8, 4) is 11.5 Å². The molecule has 3 aromatic rings. The molecule has 0 spiro atoms. The average Bonchev–Trinajstić information content (AvgIpc) is 2.78. The molecule has 42 heavy (non-hydrogen) atoms. The third-order valence-electron chi connectivity index (χ3n) is 7.67. The maximum absolute atomic E-state index is 9.84. The number of aryl methyl sites for hydroxylation is 1. The van der Waals surface area contributed by atoms with Crippen molar-refractivity contribution in [2.24, 2.45) is 0 Å². The Morgan fingerprint density at radius 1 is 0.429 bits per heavy atom. The monoisotopic (exact) mass is 574 g/mol. The summed E-state index contributed by atoms with van der Waals surface area (Å²) < 4.78 is 0. The van der Waals surface area contributed by atoms with Gasteiger partial charge >= 0.3 is 0 Å². The van der Waals surface area contributed by atoms with Crippen molar-refractivity contribution in [2.45, 2.75) is 145 Å². The molecule has 3 rings (SSSR count). The van der Waals surface area contributed by atoms with E-state index in [4.69, 9.17) is 0 Å². The van der Waals surface area contributed by atoms with Gasteiger partial charge in [0, 0.05) is 0 Å². The van der Waals surface area contributed by atoms with Crippen LogP contribution in [0.3, 0.4) is 0 Å². The van der Waals surface area contributed by atoms with Gasteiger partial charge in [0.1, 0.15) is 11.5 Å². The molecule has 0 heterocycles. The summed E-state index contributed by atoms with van der Waals surface area (Å²) in [5.41, 5.74) is 9.28. The minimum Gasteiger partial charge on any atom is -0.508 e. The molecular formula is C40H62O2. The van der Waals surface area contributed by atoms with Crippen LogP contribution in [0.2, 0.25) is 0 Å². The highest BCUT2D eigenvalue weighted by molar-refractivity contribution is 5.44. The summed E-state index contributed by atoms with van der Waals surface area (Å²) in [6.45, 7) is 37.1. The molecule has 0 amide bonds. The van der Waals surface area contributed by atoms with Gasteiger partial charge < -0.3 is 10.2 Å². The van der Waals surface area contributed by atoms with E-state index in [0.717, 1.165) is 16.7 Å². The molecule has 2 nitrogen and oxygen atoms in total. The normalized spacial score (nSPS) is 12.6. The smallest absolute Gasteiger partial charge is 0.122 e. The lowest BCUT2D eigenvalue weighted by molar-refractivity contribution is 0.442. The topological polar surface area (TPSA) is 40.5 Å². The minimum atomic E-state index is -0.00859. The quantitative estimate of drug-likeness (QED) is 0.280. The molecule has 2 heteroatoms. The second-order valence-electron chi connectivity index (χ2n) is 16.9. The zero-order chi connectivity index (χ0) is 33.1. The first-order chi connectivity index (χ1) is 18.7. The van der Waals surface area contributed by atoms with Crippen LogP contribution in [0.1, 0.15) is 143 Å². The molecular weight excluding hydrogens is 512 g/mol. The van der Waals surface area contributed by atoms with Crippen molar-refractivity contribution in [1.29, 1.82) is 0 Å². The number of hydrogen-bond donors (Lipinski definition) is 2. The summed E-state index contributed by atoms with van der Waals surface area (Å²) in [6, 6.07) is 18.5. The van der Waals surface area contributed by atoms with Crippen molar-refractivity contribution in [2.75, 3.05) is 0 Å². The van der Waals surface area contributed by atoms with Crippen molar-refractivity contribution in [3.63, 3.8) is 0 Å². The number of phenolic OH excluding ortho intramolecular Hbond substituents is 2. The fraction of sp³-hybridized carbons (Fsp3) is 0.550. The number of phenols is 2. The summed E-state index contributed by atoms with van der Waals surface area (Å²) in [5.74, 6) is 0.834. The first-order valence-electron chi connectivity index (χ1n) is 15.4. The Morgan fingerprint density at radius 2 is 0.810 bits per heavy atom. The Kier molecular flexibility index (Phi) is 11.8. The second-order valence-corrected chi connectivity index (χ2v) is 16.9. The number of benzene rings is 3. The van der Waals surface area contributed by atoms with Gasteiger partial charge in [-0.25, -0.2) is 0 Å². The highest BCUT2D eigenvalue weighted by Crippen LogP contribution is 2.35. The van der Waals surface area contributed by atoms with Gasteiger partial charge in [0.15, 0.2) is 0 Å². The second kappa shape index (κ2) is 13.3. The van der Waals surface area contributed by atoms with E-state index < -0.39 is 0 Å². The fourth-order valence-corrected chi connectivity index (χ4v) is 5.13. The van der Waals surface area contributed by atoms with E-state index in [1.165, 1.54) is 22.3 Å². The average molecular weight is 575 g/mol. The highest BCUT2D eigenvalue weighted by Gasteiger charge is 2.23. The largest absolute Gasteiger partial charge is 0.508 e. The zero-order valence-electron chi connectivity index (χ0n) is 30.1. The van der Waals surface area contributed by atoms with Crippen LogP contribution in [-0.4, -0.2) is 10.2 Å². The van der Waals surface area contributed by atoms with Crippen LogP contribution in [0.4, 0.5) is 0 Å². The molecule has 0 saturated heterocycles. The van der Waals surface area contributed by atoms with Crippen molar-refractivity contribution in [3.05, 3.63) is 93.5 Å². The maximum atomic E-state index is 9.84. The Hall–Kier alpha value is -2.74. The van der Waals surface area contributed by atoms with E-state index in [1.54, 1.807) is 6.07 Å². The van der Waals surface area contributed by atoms with Gasteiger partial charge in [-0.3, -0.25) is 0 Å². The molecule has 0 saturated carbocycles. The standard InChI is InChI=1S/C15H24.C14H22O.C11H16O/c1-11-12(14(2,3)4)9-8-10-13(11)15(5,6)7;1-13(2,3)10-7-8-12(15)11(9-10)14(4,5)6;1-8-6-5-7-9(10(8)12)11(2,3)4/h8-10H,1-7H3;7-9,15H,1-6H3;5-7,12H,1-4H3. The maximum Gasteiger partial charge on any atom is 0.122 e. The molecule has 2 N–H and O–H groups in total. The summed E-state index contributed by atoms with van der Waals surface area (Å²) in [5, 5.41) is 19.6. The van der Waals surface area contributed by atoms with Gasteiger partial charge in [0.05, 0.1) is 0 Å². The van der Waals surface area contributed by atoms with Gasteiger partial charge in [-0.05, 0) is 85.9 Å². The van der Waals surface area contributed by atoms with Gasteiger partial charge in [-0.15, -0.1) is 0 Å². The lowest BCUT2D eigenvalue weighted by atomic mass is 9.77. The fourth-order valence-electron chi connectivity index (χ4n) is 5.13. The molecule has 0 bridgehead atoms. The molecule has 0 aliphatic carbocycles. The summed E-state index contributed by atoms with van der Waals surface area (Å²) in [7, 11) is 0. The van der Waals surface area contributed by atoms with E-state index in [-0.39, 0.29) is 27.1 Å². The predicted molar refractivity (Wildman–Crippen MR) is 186 cm³/mol. The van der Waals surface area contributed by atoms with Crippen molar-refractivity contribution in [1.82, 2.24) is 0 Å².